The lowest BCUT2D eigenvalue weighted by Gasteiger charge is -2.17. The molecular weight excluding hydrogens is 204 g/mol. The zero-order valence-electron chi connectivity index (χ0n) is 10.2. The molecule has 0 atom stereocenters. The fourth-order valence-electron chi connectivity index (χ4n) is 1.29. The Bertz CT molecular complexity index is 350. The summed E-state index contributed by atoms with van der Waals surface area (Å²) in [5, 5.41) is 2.80. The van der Waals surface area contributed by atoms with Gasteiger partial charge in [-0.15, -0.1) is 0 Å². The molecule has 4 heteroatoms. The molecule has 1 heterocycles. The molecular formula is C12H20N2O2. The number of amides is 1. The highest BCUT2D eigenvalue weighted by atomic mass is 16.3. The van der Waals surface area contributed by atoms with Crippen molar-refractivity contribution in [3.8, 4) is 0 Å². The molecule has 1 aromatic heterocycles. The van der Waals surface area contributed by atoms with Crippen molar-refractivity contribution in [1.29, 1.82) is 0 Å². The van der Waals surface area contributed by atoms with Gasteiger partial charge in [-0.3, -0.25) is 4.79 Å². The SMILES string of the molecule is Cc1ccc(CNC(=O)CCC(C)(C)N)o1. The van der Waals surface area contributed by atoms with E-state index < -0.39 is 0 Å². The van der Waals surface area contributed by atoms with Gasteiger partial charge in [-0.2, -0.15) is 0 Å². The van der Waals surface area contributed by atoms with Crippen LogP contribution in [0.5, 0.6) is 0 Å². The summed E-state index contributed by atoms with van der Waals surface area (Å²) in [4.78, 5) is 11.5. The first kappa shape index (κ1) is 12.8. The average Bonchev–Trinajstić information content (AvgIpc) is 2.57. The van der Waals surface area contributed by atoms with Crippen LogP contribution < -0.4 is 11.1 Å². The Morgan fingerprint density at radius 2 is 2.19 bits per heavy atom. The third-order valence-electron chi connectivity index (χ3n) is 2.25. The summed E-state index contributed by atoms with van der Waals surface area (Å²) in [5.74, 6) is 1.64. The summed E-state index contributed by atoms with van der Waals surface area (Å²) in [6.07, 6.45) is 1.12. The molecule has 1 rings (SSSR count). The van der Waals surface area contributed by atoms with Gasteiger partial charge in [-0.25, -0.2) is 0 Å². The first-order valence-electron chi connectivity index (χ1n) is 5.48. The Kier molecular flexibility index (Phi) is 4.12. The van der Waals surface area contributed by atoms with E-state index in [1.165, 1.54) is 0 Å². The van der Waals surface area contributed by atoms with Crippen molar-refractivity contribution in [2.75, 3.05) is 0 Å². The van der Waals surface area contributed by atoms with Crippen molar-refractivity contribution in [3.63, 3.8) is 0 Å². The van der Waals surface area contributed by atoms with Crippen LogP contribution in [0.4, 0.5) is 0 Å². The van der Waals surface area contributed by atoms with Crippen molar-refractivity contribution >= 4 is 5.91 Å². The van der Waals surface area contributed by atoms with Crippen molar-refractivity contribution < 1.29 is 9.21 Å². The zero-order valence-corrected chi connectivity index (χ0v) is 10.2. The lowest BCUT2D eigenvalue weighted by Crippen LogP contribution is -2.34. The number of nitrogens with one attached hydrogen (secondary N) is 1. The van der Waals surface area contributed by atoms with Gasteiger partial charge >= 0.3 is 0 Å². The lowest BCUT2D eigenvalue weighted by atomic mass is 10.00. The number of carbonyl (C=O) groups is 1. The van der Waals surface area contributed by atoms with E-state index in [0.29, 0.717) is 19.4 Å². The molecule has 0 aliphatic heterocycles. The maximum absolute atomic E-state index is 11.5. The average molecular weight is 224 g/mol. The van der Waals surface area contributed by atoms with E-state index in [1.54, 1.807) is 0 Å². The minimum Gasteiger partial charge on any atom is -0.465 e. The summed E-state index contributed by atoms with van der Waals surface area (Å²) in [7, 11) is 0. The fraction of sp³-hybridized carbons (Fsp3) is 0.583. The minimum atomic E-state index is -0.293. The monoisotopic (exact) mass is 224 g/mol. The van der Waals surface area contributed by atoms with Crippen LogP contribution in [0.3, 0.4) is 0 Å². The maximum Gasteiger partial charge on any atom is 0.220 e. The van der Waals surface area contributed by atoms with E-state index in [1.807, 2.05) is 32.9 Å². The molecule has 0 saturated heterocycles. The van der Waals surface area contributed by atoms with Gasteiger partial charge in [-0.05, 0) is 39.3 Å². The number of rotatable bonds is 5. The standard InChI is InChI=1S/C12H20N2O2/c1-9-4-5-10(16-9)8-14-11(15)6-7-12(2,3)13/h4-5H,6-8,13H2,1-3H3,(H,14,15). The third-order valence-corrected chi connectivity index (χ3v) is 2.25. The van der Waals surface area contributed by atoms with Crippen LogP contribution in [0.2, 0.25) is 0 Å². The van der Waals surface area contributed by atoms with Crippen LogP contribution in [-0.4, -0.2) is 11.4 Å². The highest BCUT2D eigenvalue weighted by Gasteiger charge is 2.13. The second-order valence-corrected chi connectivity index (χ2v) is 4.78. The minimum absolute atomic E-state index is 0.00702. The van der Waals surface area contributed by atoms with Gasteiger partial charge in [0.25, 0.3) is 0 Å². The van der Waals surface area contributed by atoms with Crippen molar-refractivity contribution in [2.24, 2.45) is 5.73 Å². The maximum atomic E-state index is 11.5. The van der Waals surface area contributed by atoms with Crippen LogP contribution in [0.1, 0.15) is 38.2 Å². The lowest BCUT2D eigenvalue weighted by molar-refractivity contribution is -0.121. The van der Waals surface area contributed by atoms with E-state index in [-0.39, 0.29) is 11.4 Å². The number of hydrogen-bond acceptors (Lipinski definition) is 3. The van der Waals surface area contributed by atoms with Crippen LogP contribution in [-0.2, 0) is 11.3 Å². The van der Waals surface area contributed by atoms with Gasteiger partial charge < -0.3 is 15.5 Å². The predicted molar refractivity (Wildman–Crippen MR) is 62.8 cm³/mol. The summed E-state index contributed by atoms with van der Waals surface area (Å²) < 4.78 is 5.34. The molecule has 0 bridgehead atoms. The number of furan rings is 1. The van der Waals surface area contributed by atoms with Gasteiger partial charge in [-0.1, -0.05) is 0 Å². The molecule has 0 saturated carbocycles. The van der Waals surface area contributed by atoms with Gasteiger partial charge in [0.2, 0.25) is 5.91 Å². The largest absolute Gasteiger partial charge is 0.465 e. The van der Waals surface area contributed by atoms with Gasteiger partial charge in [0, 0.05) is 12.0 Å². The van der Waals surface area contributed by atoms with Crippen molar-refractivity contribution in [1.82, 2.24) is 5.32 Å². The van der Waals surface area contributed by atoms with Crippen molar-refractivity contribution in [2.45, 2.75) is 45.7 Å². The number of carbonyl (C=O) groups excluding carboxylic acids is 1. The first-order chi connectivity index (χ1) is 7.37. The number of hydrogen-bond donors (Lipinski definition) is 2. The van der Waals surface area contributed by atoms with Crippen LogP contribution >= 0.6 is 0 Å². The molecule has 3 N–H and O–H groups in total. The van der Waals surface area contributed by atoms with Crippen LogP contribution in [0.15, 0.2) is 16.5 Å². The molecule has 16 heavy (non-hydrogen) atoms. The number of aryl methyl sites for hydroxylation is 1. The normalized spacial score (nSPS) is 11.5. The van der Waals surface area contributed by atoms with E-state index in [0.717, 1.165) is 11.5 Å². The molecule has 0 aromatic carbocycles. The Morgan fingerprint density at radius 3 is 2.69 bits per heavy atom. The van der Waals surface area contributed by atoms with Crippen molar-refractivity contribution in [3.05, 3.63) is 23.7 Å². The molecule has 0 unspecified atom stereocenters. The zero-order chi connectivity index (χ0) is 12.2. The molecule has 0 radical (unpaired) electrons. The first-order valence-corrected chi connectivity index (χ1v) is 5.48. The highest BCUT2D eigenvalue weighted by molar-refractivity contribution is 5.75. The van der Waals surface area contributed by atoms with Gasteiger partial charge in [0.05, 0.1) is 6.54 Å². The van der Waals surface area contributed by atoms with Gasteiger partial charge in [0.15, 0.2) is 0 Å². The molecule has 4 nitrogen and oxygen atoms in total. The summed E-state index contributed by atoms with van der Waals surface area (Å²) in [6, 6.07) is 3.74. The molecule has 1 aromatic rings. The number of nitrogens with two attached hydrogens (primary N) is 1. The molecule has 0 fully saturated rings. The fourth-order valence-corrected chi connectivity index (χ4v) is 1.29. The Balaban J connectivity index is 2.25. The van der Waals surface area contributed by atoms with E-state index in [2.05, 4.69) is 5.32 Å². The second-order valence-electron chi connectivity index (χ2n) is 4.78. The molecule has 0 aliphatic rings. The quantitative estimate of drug-likeness (QED) is 0.800. The predicted octanol–water partition coefficient (Wildman–Crippen LogP) is 1.72. The molecule has 0 spiro atoms. The summed E-state index contributed by atoms with van der Waals surface area (Å²) >= 11 is 0. The Labute approximate surface area is 96.2 Å². The molecule has 0 aliphatic carbocycles. The van der Waals surface area contributed by atoms with E-state index >= 15 is 0 Å². The Morgan fingerprint density at radius 1 is 1.50 bits per heavy atom. The summed E-state index contributed by atoms with van der Waals surface area (Å²) in [6.45, 7) is 6.15. The van der Waals surface area contributed by atoms with Gasteiger partial charge in [0.1, 0.15) is 11.5 Å². The van der Waals surface area contributed by atoms with E-state index in [4.69, 9.17) is 10.2 Å². The molecule has 90 valence electrons. The smallest absolute Gasteiger partial charge is 0.220 e. The Hall–Kier alpha value is -1.29. The second kappa shape index (κ2) is 5.16. The van der Waals surface area contributed by atoms with Crippen LogP contribution in [0, 0.1) is 6.92 Å². The van der Waals surface area contributed by atoms with Crippen LogP contribution in [0.25, 0.3) is 0 Å². The summed E-state index contributed by atoms with van der Waals surface area (Å²) in [5.41, 5.74) is 5.50. The van der Waals surface area contributed by atoms with E-state index in [9.17, 15) is 4.79 Å². The molecule has 1 amide bonds. The third kappa shape index (κ3) is 4.98. The highest BCUT2D eigenvalue weighted by Crippen LogP contribution is 2.08. The topological polar surface area (TPSA) is 68.3 Å².